The molecule has 0 spiro atoms. The molecular weight excluding hydrogens is 406 g/mol. The van der Waals surface area contributed by atoms with E-state index in [0.29, 0.717) is 5.56 Å². The molecule has 1 amide bonds. The largest absolute Gasteiger partial charge is 0.456 e. The number of carbonyl (C=O) groups is 2. The van der Waals surface area contributed by atoms with Gasteiger partial charge in [0.2, 0.25) is 0 Å². The van der Waals surface area contributed by atoms with Gasteiger partial charge in [-0.25, -0.2) is 18.0 Å². The second kappa shape index (κ2) is 9.13. The van der Waals surface area contributed by atoms with Crippen LogP contribution in [0.4, 0.5) is 4.79 Å². The number of benzene rings is 2. The third-order valence-corrected chi connectivity index (χ3v) is 5.53. The summed E-state index contributed by atoms with van der Waals surface area (Å²) in [5.74, 6) is -1.06. The summed E-state index contributed by atoms with van der Waals surface area (Å²) in [4.78, 5) is 25.1. The zero-order valence-electron chi connectivity index (χ0n) is 17.4. The van der Waals surface area contributed by atoms with Gasteiger partial charge in [-0.1, -0.05) is 54.6 Å². The molecule has 7 nitrogen and oxygen atoms in total. The van der Waals surface area contributed by atoms with Crippen molar-refractivity contribution < 1.29 is 27.5 Å². The smallest absolute Gasteiger partial charge is 0.429 e. The second-order valence-corrected chi connectivity index (χ2v) is 9.36. The Hall–Kier alpha value is -3.13. The van der Waals surface area contributed by atoms with Crippen LogP contribution < -0.4 is 0 Å². The Labute approximate surface area is 177 Å². The molecule has 0 unspecified atom stereocenters. The minimum absolute atomic E-state index is 0.106. The minimum atomic E-state index is -4.46. The average molecular weight is 432 g/mol. The SMILES string of the molecule is C=C(C(=O)OCc1ccccc1)N(C(=O)OC(C)(C)C)S(=O)(=O)c1ccc(C)cc1. The highest BCUT2D eigenvalue weighted by molar-refractivity contribution is 7.89. The van der Waals surface area contributed by atoms with Crippen LogP contribution in [0.15, 0.2) is 71.8 Å². The molecule has 0 heterocycles. The zero-order valence-corrected chi connectivity index (χ0v) is 18.2. The monoisotopic (exact) mass is 431 g/mol. The number of carbonyl (C=O) groups excluding carboxylic acids is 2. The number of hydrogen-bond acceptors (Lipinski definition) is 6. The second-order valence-electron chi connectivity index (χ2n) is 7.57. The normalized spacial score (nSPS) is 11.5. The number of hydrogen-bond donors (Lipinski definition) is 0. The molecule has 0 aliphatic heterocycles. The van der Waals surface area contributed by atoms with Crippen LogP contribution in [0.5, 0.6) is 0 Å². The summed E-state index contributed by atoms with van der Waals surface area (Å²) < 4.78 is 36.9. The molecule has 0 atom stereocenters. The van der Waals surface area contributed by atoms with Gasteiger partial charge in [-0.05, 0) is 45.4 Å². The minimum Gasteiger partial charge on any atom is -0.456 e. The lowest BCUT2D eigenvalue weighted by atomic mass is 10.2. The van der Waals surface area contributed by atoms with E-state index in [9.17, 15) is 18.0 Å². The first-order valence-corrected chi connectivity index (χ1v) is 10.6. The van der Waals surface area contributed by atoms with Crippen LogP contribution in [0.3, 0.4) is 0 Å². The fourth-order valence-corrected chi connectivity index (χ4v) is 3.65. The number of esters is 1. The first-order chi connectivity index (χ1) is 13.9. The summed E-state index contributed by atoms with van der Waals surface area (Å²) in [7, 11) is -4.46. The molecule has 2 rings (SSSR count). The zero-order chi connectivity index (χ0) is 22.5. The van der Waals surface area contributed by atoms with E-state index in [0.717, 1.165) is 5.56 Å². The Morgan fingerprint density at radius 3 is 2.10 bits per heavy atom. The van der Waals surface area contributed by atoms with Crippen molar-refractivity contribution in [2.45, 2.75) is 44.8 Å². The summed E-state index contributed by atoms with van der Waals surface area (Å²) in [6, 6.07) is 14.7. The topological polar surface area (TPSA) is 90.0 Å². The standard InChI is InChI=1S/C22H25NO6S/c1-16-11-13-19(14-12-16)30(26,27)23(21(25)29-22(3,4)5)17(2)20(24)28-15-18-9-7-6-8-10-18/h6-14H,2,15H2,1,3-5H3. The van der Waals surface area contributed by atoms with Gasteiger partial charge in [0, 0.05) is 0 Å². The van der Waals surface area contributed by atoms with E-state index in [2.05, 4.69) is 6.58 Å². The molecule has 0 saturated carbocycles. The summed E-state index contributed by atoms with van der Waals surface area (Å²) in [6.45, 7) is 9.93. The number of amides is 1. The van der Waals surface area contributed by atoms with Crippen LogP contribution >= 0.6 is 0 Å². The Morgan fingerprint density at radius 1 is 1.00 bits per heavy atom. The van der Waals surface area contributed by atoms with E-state index >= 15 is 0 Å². The highest BCUT2D eigenvalue weighted by Crippen LogP contribution is 2.24. The van der Waals surface area contributed by atoms with Gasteiger partial charge in [0.05, 0.1) is 4.90 Å². The lowest BCUT2D eigenvalue weighted by Gasteiger charge is -2.27. The highest BCUT2D eigenvalue weighted by atomic mass is 32.2. The van der Waals surface area contributed by atoms with Gasteiger partial charge in [0.1, 0.15) is 17.9 Å². The number of rotatable bonds is 6. The predicted octanol–water partition coefficient (Wildman–Crippen LogP) is 4.18. The molecule has 8 heteroatoms. The van der Waals surface area contributed by atoms with E-state index in [1.54, 1.807) is 64.1 Å². The molecule has 0 N–H and O–H groups in total. The first kappa shape index (κ1) is 23.2. The summed E-state index contributed by atoms with van der Waals surface area (Å²) in [6.07, 6.45) is -1.25. The summed E-state index contributed by atoms with van der Waals surface area (Å²) in [5, 5.41) is 0. The van der Waals surface area contributed by atoms with E-state index in [-0.39, 0.29) is 15.8 Å². The van der Waals surface area contributed by atoms with Crippen LogP contribution in [0, 0.1) is 6.92 Å². The van der Waals surface area contributed by atoms with E-state index < -0.39 is 33.4 Å². The van der Waals surface area contributed by atoms with Gasteiger partial charge >= 0.3 is 12.1 Å². The van der Waals surface area contributed by atoms with E-state index in [1.807, 2.05) is 6.07 Å². The van der Waals surface area contributed by atoms with Crippen LogP contribution in [-0.2, 0) is 30.9 Å². The Kier molecular flexibility index (Phi) is 7.04. The fourth-order valence-electron chi connectivity index (χ4n) is 2.36. The molecule has 0 aromatic heterocycles. The average Bonchev–Trinajstić information content (AvgIpc) is 2.65. The lowest BCUT2D eigenvalue weighted by Crippen LogP contribution is -2.42. The molecule has 0 aliphatic rings. The quantitative estimate of drug-likeness (QED) is 0.503. The summed E-state index contributed by atoms with van der Waals surface area (Å²) >= 11 is 0. The maximum Gasteiger partial charge on any atom is 0.429 e. The third-order valence-electron chi connectivity index (χ3n) is 3.81. The van der Waals surface area contributed by atoms with Gasteiger partial charge in [-0.15, -0.1) is 0 Å². The maximum absolute atomic E-state index is 13.1. The van der Waals surface area contributed by atoms with Crippen molar-refractivity contribution in [3.8, 4) is 0 Å². The molecule has 0 fully saturated rings. The van der Waals surface area contributed by atoms with Crippen molar-refractivity contribution in [1.82, 2.24) is 4.31 Å². The third kappa shape index (κ3) is 5.93. The number of sulfonamides is 1. The molecule has 2 aromatic rings. The van der Waals surface area contributed by atoms with Gasteiger partial charge in [-0.3, -0.25) is 0 Å². The molecule has 0 aliphatic carbocycles. The molecule has 0 saturated heterocycles. The van der Waals surface area contributed by atoms with Gasteiger partial charge in [0.25, 0.3) is 10.0 Å². The first-order valence-electron chi connectivity index (χ1n) is 9.17. The Morgan fingerprint density at radius 2 is 1.57 bits per heavy atom. The Bertz CT molecular complexity index is 1020. The van der Waals surface area contributed by atoms with Gasteiger partial charge in [0.15, 0.2) is 0 Å². The van der Waals surface area contributed by atoms with Gasteiger partial charge < -0.3 is 9.47 Å². The molecule has 160 valence electrons. The summed E-state index contributed by atoms with van der Waals surface area (Å²) in [5.41, 5.74) is -0.129. The van der Waals surface area contributed by atoms with Crippen molar-refractivity contribution in [2.24, 2.45) is 0 Å². The van der Waals surface area contributed by atoms with Crippen molar-refractivity contribution in [2.75, 3.05) is 0 Å². The number of ether oxygens (including phenoxy) is 2. The van der Waals surface area contributed by atoms with Crippen molar-refractivity contribution >= 4 is 22.1 Å². The van der Waals surface area contributed by atoms with E-state index in [4.69, 9.17) is 9.47 Å². The van der Waals surface area contributed by atoms with Gasteiger partial charge in [-0.2, -0.15) is 4.31 Å². The van der Waals surface area contributed by atoms with Crippen LogP contribution in [0.2, 0.25) is 0 Å². The van der Waals surface area contributed by atoms with Crippen LogP contribution in [0.1, 0.15) is 31.9 Å². The highest BCUT2D eigenvalue weighted by Gasteiger charge is 2.38. The maximum atomic E-state index is 13.1. The predicted molar refractivity (Wildman–Crippen MR) is 112 cm³/mol. The van der Waals surface area contributed by atoms with Crippen LogP contribution in [-0.4, -0.2) is 30.4 Å². The molecule has 30 heavy (non-hydrogen) atoms. The van der Waals surface area contributed by atoms with Crippen LogP contribution in [0.25, 0.3) is 0 Å². The van der Waals surface area contributed by atoms with Crippen molar-refractivity contribution in [3.63, 3.8) is 0 Å². The number of aryl methyl sites for hydroxylation is 1. The molecular formula is C22H25NO6S. The van der Waals surface area contributed by atoms with E-state index in [1.165, 1.54) is 12.1 Å². The van der Waals surface area contributed by atoms with Crippen molar-refractivity contribution in [1.29, 1.82) is 0 Å². The fraction of sp³-hybridized carbons (Fsp3) is 0.273. The molecule has 0 bridgehead atoms. The molecule has 0 radical (unpaired) electrons. The Balaban J connectivity index is 2.34. The van der Waals surface area contributed by atoms with Crippen molar-refractivity contribution in [3.05, 3.63) is 78.0 Å². The molecule has 2 aromatic carbocycles. The number of nitrogens with zero attached hydrogens (tertiary/aromatic N) is 1. The lowest BCUT2D eigenvalue weighted by molar-refractivity contribution is -0.141.